The first-order valence-electron chi connectivity index (χ1n) is 5.86. The summed E-state index contributed by atoms with van der Waals surface area (Å²) in [5, 5.41) is 0. The fourth-order valence-corrected chi connectivity index (χ4v) is 3.31. The Balaban J connectivity index is 2.35. The van der Waals surface area contributed by atoms with E-state index >= 15 is 0 Å². The molecule has 1 aliphatic rings. The van der Waals surface area contributed by atoms with Crippen molar-refractivity contribution < 1.29 is 13.2 Å². The van der Waals surface area contributed by atoms with Gasteiger partial charge in [0.1, 0.15) is 0 Å². The van der Waals surface area contributed by atoms with Crippen molar-refractivity contribution >= 4 is 15.9 Å². The topological polar surface area (TPSA) is 0 Å². The van der Waals surface area contributed by atoms with E-state index in [4.69, 9.17) is 0 Å². The Morgan fingerprint density at radius 2 is 1.71 bits per heavy atom. The minimum Gasteiger partial charge on any atom is -0.166 e. The first kappa shape index (κ1) is 12.9. The highest BCUT2D eigenvalue weighted by Crippen LogP contribution is 2.42. The smallest absolute Gasteiger partial charge is 0.166 e. The second-order valence-corrected chi connectivity index (χ2v) is 5.33. The maximum absolute atomic E-state index is 12.8. The number of benzene rings is 1. The molecule has 0 nitrogen and oxygen atoms in total. The van der Waals surface area contributed by atoms with Gasteiger partial charge in [-0.1, -0.05) is 31.4 Å². The van der Waals surface area contributed by atoms with E-state index in [9.17, 15) is 13.2 Å². The molecule has 4 heteroatoms. The lowest BCUT2D eigenvalue weighted by atomic mass is 9.83. The first-order chi connectivity index (χ1) is 8.00. The molecular formula is C13H14BrF3. The molecule has 17 heavy (non-hydrogen) atoms. The zero-order chi connectivity index (χ0) is 12.5. The van der Waals surface area contributed by atoms with Gasteiger partial charge in [-0.05, 0) is 46.3 Å². The molecule has 0 heterocycles. The summed E-state index contributed by atoms with van der Waals surface area (Å²) in [5.74, 6) is 0.278. The molecular weight excluding hydrogens is 293 g/mol. The second-order valence-electron chi connectivity index (χ2n) is 4.54. The van der Waals surface area contributed by atoms with Crippen LogP contribution in [-0.4, -0.2) is 0 Å². The molecule has 0 amide bonds. The van der Waals surface area contributed by atoms with Crippen LogP contribution in [0.25, 0.3) is 0 Å². The lowest BCUT2D eigenvalue weighted by Crippen LogP contribution is -2.10. The fourth-order valence-electron chi connectivity index (χ4n) is 2.50. The van der Waals surface area contributed by atoms with Crippen LogP contribution in [0.1, 0.15) is 49.1 Å². The van der Waals surface area contributed by atoms with Crippen LogP contribution in [0.4, 0.5) is 13.2 Å². The molecule has 0 saturated heterocycles. The van der Waals surface area contributed by atoms with E-state index in [1.807, 2.05) is 6.07 Å². The molecule has 0 atom stereocenters. The summed E-state index contributed by atoms with van der Waals surface area (Å²) in [7, 11) is 0. The van der Waals surface area contributed by atoms with E-state index in [1.165, 1.54) is 12.5 Å². The average molecular weight is 307 g/mol. The molecule has 0 spiro atoms. The highest BCUT2D eigenvalue weighted by atomic mass is 79.9. The zero-order valence-corrected chi connectivity index (χ0v) is 10.9. The quantitative estimate of drug-likeness (QED) is 0.641. The van der Waals surface area contributed by atoms with E-state index in [1.54, 1.807) is 0 Å². The first-order valence-corrected chi connectivity index (χ1v) is 6.65. The van der Waals surface area contributed by atoms with Crippen molar-refractivity contribution in [1.82, 2.24) is 0 Å². The van der Waals surface area contributed by atoms with Crippen molar-refractivity contribution in [3.8, 4) is 0 Å². The lowest BCUT2D eigenvalue weighted by Gasteiger charge is -2.24. The van der Waals surface area contributed by atoms with Crippen molar-refractivity contribution in [3.05, 3.63) is 33.8 Å². The van der Waals surface area contributed by atoms with Gasteiger partial charge >= 0.3 is 6.18 Å². The maximum atomic E-state index is 12.8. The van der Waals surface area contributed by atoms with Crippen LogP contribution in [0.3, 0.4) is 0 Å². The van der Waals surface area contributed by atoms with Crippen molar-refractivity contribution in [3.63, 3.8) is 0 Å². The van der Waals surface area contributed by atoms with Gasteiger partial charge in [0, 0.05) is 4.47 Å². The van der Waals surface area contributed by atoms with E-state index in [-0.39, 0.29) is 10.4 Å². The Morgan fingerprint density at radius 1 is 1.06 bits per heavy atom. The highest BCUT2D eigenvalue weighted by molar-refractivity contribution is 9.10. The van der Waals surface area contributed by atoms with Gasteiger partial charge in [-0.2, -0.15) is 13.2 Å². The summed E-state index contributed by atoms with van der Waals surface area (Å²) >= 11 is 3.13. The third-order valence-electron chi connectivity index (χ3n) is 3.38. The van der Waals surface area contributed by atoms with Crippen LogP contribution in [0.15, 0.2) is 22.7 Å². The minimum absolute atomic E-state index is 0.236. The molecule has 0 aliphatic heterocycles. The standard InChI is InChI=1S/C13H14BrF3/c14-12-10(9-5-2-1-3-6-9)7-4-8-11(12)13(15,16)17/h4,7-9H,1-3,5-6H2. The van der Waals surface area contributed by atoms with Gasteiger partial charge in [-0.15, -0.1) is 0 Å². The molecule has 0 unspecified atom stereocenters. The van der Waals surface area contributed by atoms with Crippen molar-refractivity contribution in [2.75, 3.05) is 0 Å². The SMILES string of the molecule is FC(F)(F)c1cccc(C2CCCCC2)c1Br. The molecule has 1 fully saturated rings. The van der Waals surface area contributed by atoms with Crippen LogP contribution in [0.5, 0.6) is 0 Å². The Bertz CT molecular complexity index is 392. The van der Waals surface area contributed by atoms with Gasteiger partial charge in [-0.3, -0.25) is 0 Å². The Morgan fingerprint density at radius 3 is 2.29 bits per heavy atom. The van der Waals surface area contributed by atoms with E-state index in [2.05, 4.69) is 15.9 Å². The second kappa shape index (κ2) is 5.01. The monoisotopic (exact) mass is 306 g/mol. The third-order valence-corrected chi connectivity index (χ3v) is 4.26. The van der Waals surface area contributed by atoms with Crippen LogP contribution < -0.4 is 0 Å². The Labute approximate surface area is 107 Å². The van der Waals surface area contributed by atoms with E-state index in [0.717, 1.165) is 37.3 Å². The summed E-state index contributed by atoms with van der Waals surface area (Å²) in [5.41, 5.74) is 0.264. The van der Waals surface area contributed by atoms with Gasteiger partial charge in [0.05, 0.1) is 5.56 Å². The predicted molar refractivity (Wildman–Crippen MR) is 65.0 cm³/mol. The van der Waals surface area contributed by atoms with Gasteiger partial charge in [0.2, 0.25) is 0 Å². The fraction of sp³-hybridized carbons (Fsp3) is 0.538. The minimum atomic E-state index is -4.27. The van der Waals surface area contributed by atoms with E-state index in [0.29, 0.717) is 0 Å². The number of hydrogen-bond donors (Lipinski definition) is 0. The number of alkyl halides is 3. The van der Waals surface area contributed by atoms with Gasteiger partial charge in [-0.25, -0.2) is 0 Å². The molecule has 1 aliphatic carbocycles. The van der Waals surface area contributed by atoms with Crippen molar-refractivity contribution in [2.24, 2.45) is 0 Å². The molecule has 1 aromatic rings. The van der Waals surface area contributed by atoms with E-state index < -0.39 is 11.7 Å². The summed E-state index contributed by atoms with van der Waals surface area (Å²) in [6, 6.07) is 4.46. The van der Waals surface area contributed by atoms with Crippen LogP contribution >= 0.6 is 15.9 Å². The third kappa shape index (κ3) is 2.84. The molecule has 0 aromatic heterocycles. The number of halogens is 4. The largest absolute Gasteiger partial charge is 0.417 e. The molecule has 0 N–H and O–H groups in total. The summed E-state index contributed by atoms with van der Waals surface area (Å²) in [6.07, 6.45) is 1.16. The maximum Gasteiger partial charge on any atom is 0.417 e. The Hall–Kier alpha value is -0.510. The van der Waals surface area contributed by atoms with Crippen LogP contribution in [0, 0.1) is 0 Å². The molecule has 2 rings (SSSR count). The molecule has 0 bridgehead atoms. The summed E-state index contributed by atoms with van der Waals surface area (Å²) < 4.78 is 38.5. The zero-order valence-electron chi connectivity index (χ0n) is 9.36. The normalized spacial score (nSPS) is 18.4. The summed E-state index contributed by atoms with van der Waals surface area (Å²) in [6.45, 7) is 0. The van der Waals surface area contributed by atoms with Crippen LogP contribution in [0.2, 0.25) is 0 Å². The number of rotatable bonds is 1. The molecule has 0 radical (unpaired) electrons. The highest BCUT2D eigenvalue weighted by Gasteiger charge is 2.34. The van der Waals surface area contributed by atoms with Crippen LogP contribution in [-0.2, 0) is 6.18 Å². The average Bonchev–Trinajstić information content (AvgIpc) is 2.29. The van der Waals surface area contributed by atoms with Gasteiger partial charge in [0.25, 0.3) is 0 Å². The molecule has 94 valence electrons. The van der Waals surface area contributed by atoms with Crippen molar-refractivity contribution in [1.29, 1.82) is 0 Å². The van der Waals surface area contributed by atoms with Crippen molar-refractivity contribution in [2.45, 2.75) is 44.2 Å². The predicted octanol–water partition coefficient (Wildman–Crippen LogP) is 5.52. The molecule has 1 aromatic carbocycles. The van der Waals surface area contributed by atoms with Gasteiger partial charge in [0.15, 0.2) is 0 Å². The molecule has 1 saturated carbocycles. The number of hydrogen-bond acceptors (Lipinski definition) is 0. The Kier molecular flexibility index (Phi) is 3.81. The lowest BCUT2D eigenvalue weighted by molar-refractivity contribution is -0.138. The summed E-state index contributed by atoms with van der Waals surface area (Å²) in [4.78, 5) is 0. The van der Waals surface area contributed by atoms with Gasteiger partial charge < -0.3 is 0 Å².